The van der Waals surface area contributed by atoms with Crippen molar-refractivity contribution in [1.29, 1.82) is 0 Å². The molecular weight excluding hydrogens is 242 g/mol. The first-order chi connectivity index (χ1) is 8.09. The number of carbonyl (C=O) groups is 1. The van der Waals surface area contributed by atoms with Gasteiger partial charge in [-0.3, -0.25) is 4.79 Å². The van der Waals surface area contributed by atoms with E-state index in [4.69, 9.17) is 5.73 Å². The van der Waals surface area contributed by atoms with Crippen LogP contribution in [0.1, 0.15) is 10.4 Å². The Bertz CT molecular complexity index is 580. The van der Waals surface area contributed by atoms with Gasteiger partial charge >= 0.3 is 0 Å². The summed E-state index contributed by atoms with van der Waals surface area (Å²) in [7, 11) is -3.80. The van der Waals surface area contributed by atoms with Crippen molar-refractivity contribution in [3.8, 4) is 0 Å². The molecule has 17 heavy (non-hydrogen) atoms. The average molecular weight is 253 g/mol. The molecular formula is C10H11N3O3S. The van der Waals surface area contributed by atoms with Gasteiger partial charge in [0.1, 0.15) is 0 Å². The Labute approximate surface area is 98.8 Å². The van der Waals surface area contributed by atoms with Crippen molar-refractivity contribution >= 4 is 15.9 Å². The minimum absolute atomic E-state index is 0.0191. The van der Waals surface area contributed by atoms with Crippen LogP contribution in [0.5, 0.6) is 0 Å². The van der Waals surface area contributed by atoms with Gasteiger partial charge < -0.3 is 5.73 Å². The Morgan fingerprint density at radius 2 is 2.18 bits per heavy atom. The summed E-state index contributed by atoms with van der Waals surface area (Å²) < 4.78 is 24.7. The van der Waals surface area contributed by atoms with Crippen LogP contribution in [0, 0.1) is 0 Å². The third kappa shape index (κ3) is 1.83. The number of hydrogen-bond donors (Lipinski definition) is 1. The van der Waals surface area contributed by atoms with Crippen LogP contribution in [0.4, 0.5) is 0 Å². The summed E-state index contributed by atoms with van der Waals surface area (Å²) >= 11 is 0. The first kappa shape index (κ1) is 11.7. The number of hydrogen-bond acceptors (Lipinski definition) is 5. The van der Waals surface area contributed by atoms with E-state index in [1.807, 2.05) is 0 Å². The molecule has 1 aromatic heterocycles. The SMILES string of the molecule is NC/C=C/CN1C(=O)c2cccnc2S1(=O)=O. The second-order valence-electron chi connectivity index (χ2n) is 3.40. The molecule has 1 amide bonds. The standard InChI is InChI=1S/C10H11N3O3S/c11-5-1-2-7-13-10(14)8-4-3-6-12-9(8)17(13,15)16/h1-4,6H,5,7,11H2/b2-1+. The molecule has 0 spiro atoms. The van der Waals surface area contributed by atoms with Gasteiger partial charge in [0.15, 0.2) is 5.03 Å². The monoisotopic (exact) mass is 253 g/mol. The van der Waals surface area contributed by atoms with Gasteiger partial charge in [-0.2, -0.15) is 8.42 Å². The number of amides is 1. The number of nitrogens with two attached hydrogens (primary N) is 1. The van der Waals surface area contributed by atoms with E-state index in [9.17, 15) is 13.2 Å². The van der Waals surface area contributed by atoms with Crippen molar-refractivity contribution < 1.29 is 13.2 Å². The van der Waals surface area contributed by atoms with E-state index in [2.05, 4.69) is 4.98 Å². The van der Waals surface area contributed by atoms with Gasteiger partial charge in [-0.1, -0.05) is 12.2 Å². The maximum atomic E-state index is 12.0. The van der Waals surface area contributed by atoms with Crippen molar-refractivity contribution in [2.75, 3.05) is 13.1 Å². The maximum absolute atomic E-state index is 12.0. The van der Waals surface area contributed by atoms with Crippen molar-refractivity contribution in [3.63, 3.8) is 0 Å². The minimum atomic E-state index is -3.80. The predicted octanol–water partition coefficient (Wildman–Crippen LogP) is -0.259. The van der Waals surface area contributed by atoms with Gasteiger partial charge in [0, 0.05) is 12.7 Å². The third-order valence-electron chi connectivity index (χ3n) is 2.34. The van der Waals surface area contributed by atoms with Crippen molar-refractivity contribution in [3.05, 3.63) is 36.0 Å². The second kappa shape index (κ2) is 4.27. The number of carbonyl (C=O) groups excluding carboxylic acids is 1. The van der Waals surface area contributed by atoms with E-state index in [-0.39, 0.29) is 17.1 Å². The Morgan fingerprint density at radius 3 is 2.82 bits per heavy atom. The molecule has 0 bridgehead atoms. The number of pyridine rings is 1. The van der Waals surface area contributed by atoms with Gasteiger partial charge in [0.25, 0.3) is 15.9 Å². The quantitative estimate of drug-likeness (QED) is 0.749. The molecule has 0 saturated carbocycles. The predicted molar refractivity (Wildman–Crippen MR) is 60.7 cm³/mol. The highest BCUT2D eigenvalue weighted by Crippen LogP contribution is 2.27. The molecule has 2 rings (SSSR count). The highest BCUT2D eigenvalue weighted by Gasteiger charge is 2.41. The van der Waals surface area contributed by atoms with Gasteiger partial charge in [0.05, 0.1) is 12.1 Å². The normalized spacial score (nSPS) is 17.7. The maximum Gasteiger partial charge on any atom is 0.285 e. The third-order valence-corrected chi connectivity index (χ3v) is 4.05. The Hall–Kier alpha value is -1.73. The second-order valence-corrected chi connectivity index (χ2v) is 5.18. The Balaban J connectivity index is 2.41. The molecule has 0 atom stereocenters. The van der Waals surface area contributed by atoms with Crippen LogP contribution in [-0.2, 0) is 10.0 Å². The van der Waals surface area contributed by atoms with E-state index in [0.29, 0.717) is 6.54 Å². The lowest BCUT2D eigenvalue weighted by Gasteiger charge is -2.11. The smallest absolute Gasteiger partial charge is 0.285 e. The first-order valence-corrected chi connectivity index (χ1v) is 6.40. The van der Waals surface area contributed by atoms with E-state index in [0.717, 1.165) is 4.31 Å². The molecule has 0 saturated heterocycles. The fraction of sp³-hybridized carbons (Fsp3) is 0.200. The van der Waals surface area contributed by atoms with Crippen molar-refractivity contribution in [1.82, 2.24) is 9.29 Å². The molecule has 2 heterocycles. The summed E-state index contributed by atoms with van der Waals surface area (Å²) in [6.07, 6.45) is 4.49. The fourth-order valence-electron chi connectivity index (χ4n) is 1.55. The van der Waals surface area contributed by atoms with E-state index in [1.54, 1.807) is 12.2 Å². The largest absolute Gasteiger partial charge is 0.327 e. The van der Waals surface area contributed by atoms with E-state index >= 15 is 0 Å². The van der Waals surface area contributed by atoms with Crippen LogP contribution in [0.25, 0.3) is 0 Å². The van der Waals surface area contributed by atoms with E-state index < -0.39 is 15.9 Å². The summed E-state index contributed by atoms with van der Waals surface area (Å²) in [6, 6.07) is 2.99. The average Bonchev–Trinajstić information content (AvgIpc) is 2.51. The number of rotatable bonds is 3. The lowest BCUT2D eigenvalue weighted by atomic mass is 10.3. The lowest BCUT2D eigenvalue weighted by molar-refractivity contribution is 0.0880. The van der Waals surface area contributed by atoms with Crippen molar-refractivity contribution in [2.45, 2.75) is 5.03 Å². The van der Waals surface area contributed by atoms with Crippen LogP contribution in [0.3, 0.4) is 0 Å². The Kier molecular flexibility index (Phi) is 2.95. The highest BCUT2D eigenvalue weighted by molar-refractivity contribution is 7.90. The number of aromatic nitrogens is 1. The summed E-state index contributed by atoms with van der Waals surface area (Å²) in [5, 5.41) is -0.175. The molecule has 1 aromatic rings. The molecule has 6 nitrogen and oxygen atoms in total. The first-order valence-electron chi connectivity index (χ1n) is 4.96. The van der Waals surface area contributed by atoms with Crippen LogP contribution < -0.4 is 5.73 Å². The molecule has 1 aliphatic rings. The fourth-order valence-corrected chi connectivity index (χ4v) is 2.99. The molecule has 0 aromatic carbocycles. The zero-order valence-electron chi connectivity index (χ0n) is 8.91. The molecule has 2 N–H and O–H groups in total. The zero-order valence-corrected chi connectivity index (χ0v) is 9.72. The van der Waals surface area contributed by atoms with Crippen LogP contribution in [0.15, 0.2) is 35.5 Å². The molecule has 90 valence electrons. The molecule has 0 aliphatic carbocycles. The molecule has 0 radical (unpaired) electrons. The molecule has 0 unspecified atom stereocenters. The summed E-state index contributed by atoms with van der Waals surface area (Å²) in [5.41, 5.74) is 5.37. The van der Waals surface area contributed by atoms with E-state index in [1.165, 1.54) is 18.3 Å². The summed E-state index contributed by atoms with van der Waals surface area (Å²) in [4.78, 5) is 15.6. The van der Waals surface area contributed by atoms with Crippen LogP contribution >= 0.6 is 0 Å². The van der Waals surface area contributed by atoms with Gasteiger partial charge in [-0.25, -0.2) is 9.29 Å². The molecule has 1 aliphatic heterocycles. The van der Waals surface area contributed by atoms with Gasteiger partial charge in [-0.15, -0.1) is 0 Å². The van der Waals surface area contributed by atoms with Crippen molar-refractivity contribution in [2.24, 2.45) is 5.73 Å². The molecule has 0 fully saturated rings. The zero-order chi connectivity index (χ0) is 12.5. The number of fused-ring (bicyclic) bond motifs is 1. The number of sulfonamides is 1. The lowest BCUT2D eigenvalue weighted by Crippen LogP contribution is -2.30. The minimum Gasteiger partial charge on any atom is -0.327 e. The van der Waals surface area contributed by atoms with Gasteiger partial charge in [0.2, 0.25) is 0 Å². The van der Waals surface area contributed by atoms with Gasteiger partial charge in [-0.05, 0) is 12.1 Å². The van der Waals surface area contributed by atoms with Crippen LogP contribution in [0.2, 0.25) is 0 Å². The van der Waals surface area contributed by atoms with Crippen LogP contribution in [-0.4, -0.2) is 36.7 Å². The number of nitrogens with zero attached hydrogens (tertiary/aromatic N) is 2. The Morgan fingerprint density at radius 1 is 1.41 bits per heavy atom. The topological polar surface area (TPSA) is 93.4 Å². The summed E-state index contributed by atoms with van der Waals surface area (Å²) in [5.74, 6) is -0.547. The highest BCUT2D eigenvalue weighted by atomic mass is 32.2. The molecule has 7 heteroatoms. The summed E-state index contributed by atoms with van der Waals surface area (Å²) in [6.45, 7) is 0.280.